The molecule has 5 rings (SSSR count). The van der Waals surface area contributed by atoms with E-state index in [0.717, 1.165) is 56.2 Å². The summed E-state index contributed by atoms with van der Waals surface area (Å²) in [6.45, 7) is 0.486. The summed E-state index contributed by atoms with van der Waals surface area (Å²) in [6, 6.07) is 7.96. The molecule has 7 nitrogen and oxygen atoms in total. The van der Waals surface area contributed by atoms with Crippen molar-refractivity contribution in [3.8, 4) is 0 Å². The summed E-state index contributed by atoms with van der Waals surface area (Å²) in [4.78, 5) is 41.2. The van der Waals surface area contributed by atoms with Gasteiger partial charge in [0.05, 0.1) is 24.8 Å². The molecule has 3 fully saturated rings. The second kappa shape index (κ2) is 8.17. The number of nitrogens with zero attached hydrogens (tertiary/aromatic N) is 2. The van der Waals surface area contributed by atoms with Gasteiger partial charge in [0.15, 0.2) is 0 Å². The molecular weight excluding hydrogens is 396 g/mol. The molecule has 4 aliphatic rings. The molecule has 0 spiro atoms. The van der Waals surface area contributed by atoms with E-state index in [4.69, 9.17) is 9.84 Å². The van der Waals surface area contributed by atoms with Gasteiger partial charge in [0.2, 0.25) is 5.91 Å². The summed E-state index contributed by atoms with van der Waals surface area (Å²) in [5, 5.41) is 9.08. The third-order valence-corrected chi connectivity index (χ3v) is 7.20. The number of ether oxygens (including phenoxy) is 1. The Morgan fingerprint density at radius 1 is 1.03 bits per heavy atom. The van der Waals surface area contributed by atoms with E-state index in [9.17, 15) is 14.4 Å². The second-order valence-electron chi connectivity index (χ2n) is 9.48. The minimum absolute atomic E-state index is 0.0140. The highest BCUT2D eigenvalue weighted by molar-refractivity contribution is 5.91. The van der Waals surface area contributed by atoms with Crippen molar-refractivity contribution in [2.75, 3.05) is 11.5 Å². The van der Waals surface area contributed by atoms with Crippen molar-refractivity contribution in [2.24, 2.45) is 11.8 Å². The lowest BCUT2D eigenvalue weighted by atomic mass is 9.81. The highest BCUT2D eigenvalue weighted by Gasteiger charge is 2.51. The van der Waals surface area contributed by atoms with Gasteiger partial charge in [-0.3, -0.25) is 14.5 Å². The van der Waals surface area contributed by atoms with E-state index < -0.39 is 5.97 Å². The Balaban J connectivity index is 1.48. The minimum Gasteiger partial charge on any atom is -0.481 e. The molecular formula is C24H30N2O5. The zero-order chi connectivity index (χ0) is 21.5. The Kier molecular flexibility index (Phi) is 5.36. The fourth-order valence-electron chi connectivity index (χ4n) is 5.44. The van der Waals surface area contributed by atoms with Crippen LogP contribution in [-0.2, 0) is 14.3 Å². The highest BCUT2D eigenvalue weighted by Crippen LogP contribution is 2.52. The zero-order valence-corrected chi connectivity index (χ0v) is 17.7. The number of carbonyl (C=O) groups excluding carboxylic acids is 2. The average Bonchev–Trinajstić information content (AvgIpc) is 3.69. The van der Waals surface area contributed by atoms with Gasteiger partial charge in [-0.25, -0.2) is 4.79 Å². The topological polar surface area (TPSA) is 87.2 Å². The molecule has 1 N–H and O–H groups in total. The number of fused-ring (bicyclic) bond motifs is 2. The average molecular weight is 427 g/mol. The van der Waals surface area contributed by atoms with Gasteiger partial charge in [0.1, 0.15) is 0 Å². The normalized spacial score (nSPS) is 26.7. The van der Waals surface area contributed by atoms with Gasteiger partial charge in [0, 0.05) is 24.4 Å². The van der Waals surface area contributed by atoms with Crippen LogP contribution in [0.15, 0.2) is 24.3 Å². The summed E-state index contributed by atoms with van der Waals surface area (Å²) in [6.07, 6.45) is 6.64. The van der Waals surface area contributed by atoms with E-state index in [-0.39, 0.29) is 48.9 Å². The number of amides is 2. The summed E-state index contributed by atoms with van der Waals surface area (Å²) in [5.74, 6) is -0.373. The van der Waals surface area contributed by atoms with Gasteiger partial charge >= 0.3 is 12.1 Å². The number of rotatable bonds is 7. The Hall–Kier alpha value is -2.57. The van der Waals surface area contributed by atoms with Crippen molar-refractivity contribution in [1.29, 1.82) is 0 Å². The van der Waals surface area contributed by atoms with E-state index in [1.54, 1.807) is 0 Å². The van der Waals surface area contributed by atoms with Crippen LogP contribution in [0.1, 0.15) is 69.4 Å². The van der Waals surface area contributed by atoms with Crippen molar-refractivity contribution in [1.82, 2.24) is 4.90 Å². The first kappa shape index (κ1) is 20.3. The van der Waals surface area contributed by atoms with Crippen molar-refractivity contribution >= 4 is 23.7 Å². The Morgan fingerprint density at radius 3 is 2.52 bits per heavy atom. The largest absolute Gasteiger partial charge is 0.481 e. The molecule has 3 aliphatic carbocycles. The number of benzene rings is 1. The fourth-order valence-corrected chi connectivity index (χ4v) is 5.44. The van der Waals surface area contributed by atoms with Crippen LogP contribution in [-0.4, -0.2) is 46.7 Å². The van der Waals surface area contributed by atoms with Crippen molar-refractivity contribution < 1.29 is 24.2 Å². The van der Waals surface area contributed by atoms with E-state index >= 15 is 0 Å². The molecule has 3 saturated carbocycles. The van der Waals surface area contributed by atoms with E-state index in [0.29, 0.717) is 12.5 Å². The van der Waals surface area contributed by atoms with Crippen LogP contribution in [0.25, 0.3) is 0 Å². The van der Waals surface area contributed by atoms with E-state index in [2.05, 4.69) is 0 Å². The van der Waals surface area contributed by atoms with E-state index in [1.165, 1.54) is 0 Å². The predicted molar refractivity (Wildman–Crippen MR) is 114 cm³/mol. The molecule has 0 aromatic heterocycles. The SMILES string of the molecule is O=C(O)CCC(=O)N(C1CC1)C1c2ccccc2N(C(=O)OCC2CC2)C2CCCC21. The van der Waals surface area contributed by atoms with Crippen LogP contribution in [0.3, 0.4) is 0 Å². The number of hydrogen-bond donors (Lipinski definition) is 1. The number of carboxylic acid groups (broad SMARTS) is 1. The molecule has 3 unspecified atom stereocenters. The molecule has 3 atom stereocenters. The monoisotopic (exact) mass is 426 g/mol. The maximum atomic E-state index is 13.2. The predicted octanol–water partition coefficient (Wildman–Crippen LogP) is 4.12. The second-order valence-corrected chi connectivity index (χ2v) is 9.48. The van der Waals surface area contributed by atoms with Gasteiger partial charge < -0.3 is 14.7 Å². The fraction of sp³-hybridized carbons (Fsp3) is 0.625. The molecule has 2 amide bonds. The van der Waals surface area contributed by atoms with Crippen LogP contribution in [0.4, 0.5) is 10.5 Å². The smallest absolute Gasteiger partial charge is 0.414 e. The Morgan fingerprint density at radius 2 is 1.81 bits per heavy atom. The Bertz CT molecular complexity index is 878. The molecule has 7 heteroatoms. The minimum atomic E-state index is -0.948. The number of carbonyl (C=O) groups is 3. The molecule has 0 saturated heterocycles. The number of hydrogen-bond acceptors (Lipinski definition) is 4. The third-order valence-electron chi connectivity index (χ3n) is 7.20. The first-order chi connectivity index (χ1) is 15.0. The van der Waals surface area contributed by atoms with Crippen LogP contribution >= 0.6 is 0 Å². The van der Waals surface area contributed by atoms with Gasteiger partial charge in [0.25, 0.3) is 0 Å². The molecule has 0 bridgehead atoms. The standard InChI is InChI=1S/C24H30N2O5/c27-21(12-13-22(28)29)25(16-10-11-16)23-17-4-1-2-6-19(17)26(20-7-3-5-18(20)23)24(30)31-14-15-8-9-15/h1-2,4,6,15-16,18,20,23H,3,5,7-14H2,(H,28,29). The number of carboxylic acids is 1. The van der Waals surface area contributed by atoms with Crippen molar-refractivity contribution in [3.05, 3.63) is 29.8 Å². The Labute approximate surface area is 182 Å². The van der Waals surface area contributed by atoms with Crippen LogP contribution < -0.4 is 4.90 Å². The van der Waals surface area contributed by atoms with Crippen LogP contribution in [0, 0.1) is 11.8 Å². The van der Waals surface area contributed by atoms with E-state index in [1.807, 2.05) is 34.1 Å². The van der Waals surface area contributed by atoms with Gasteiger partial charge in [-0.2, -0.15) is 0 Å². The molecule has 31 heavy (non-hydrogen) atoms. The van der Waals surface area contributed by atoms with Gasteiger partial charge in [-0.15, -0.1) is 0 Å². The number of para-hydroxylation sites is 1. The van der Waals surface area contributed by atoms with Crippen LogP contribution in [0.2, 0.25) is 0 Å². The molecule has 1 aromatic carbocycles. The molecule has 0 radical (unpaired) electrons. The quantitative estimate of drug-likeness (QED) is 0.709. The summed E-state index contributed by atoms with van der Waals surface area (Å²) >= 11 is 0. The van der Waals surface area contributed by atoms with Gasteiger partial charge in [-0.1, -0.05) is 24.6 Å². The number of aliphatic carboxylic acids is 1. The zero-order valence-electron chi connectivity index (χ0n) is 17.7. The lowest BCUT2D eigenvalue weighted by Gasteiger charge is -2.47. The van der Waals surface area contributed by atoms with Crippen LogP contribution in [0.5, 0.6) is 0 Å². The van der Waals surface area contributed by atoms with Crippen molar-refractivity contribution in [2.45, 2.75) is 75.9 Å². The lowest BCUT2D eigenvalue weighted by molar-refractivity contribution is -0.142. The summed E-state index contributed by atoms with van der Waals surface area (Å²) in [7, 11) is 0. The molecule has 166 valence electrons. The van der Waals surface area contributed by atoms with Gasteiger partial charge in [-0.05, 0) is 56.1 Å². The number of anilines is 1. The summed E-state index contributed by atoms with van der Waals surface area (Å²) in [5.41, 5.74) is 1.83. The molecule has 1 aromatic rings. The maximum Gasteiger partial charge on any atom is 0.414 e. The lowest BCUT2D eigenvalue weighted by Crippen LogP contribution is -2.53. The molecule has 1 aliphatic heterocycles. The first-order valence-electron chi connectivity index (χ1n) is 11.6. The third kappa shape index (κ3) is 4.02. The highest BCUT2D eigenvalue weighted by atomic mass is 16.6. The maximum absolute atomic E-state index is 13.2. The summed E-state index contributed by atoms with van der Waals surface area (Å²) < 4.78 is 5.68. The molecule has 1 heterocycles. The first-order valence-corrected chi connectivity index (χ1v) is 11.6. The van der Waals surface area contributed by atoms with Crippen molar-refractivity contribution in [3.63, 3.8) is 0 Å².